The molecule has 18 heavy (non-hydrogen) atoms. The minimum absolute atomic E-state index is 0.350. The maximum absolute atomic E-state index is 12.0. The number of nitrogens with one attached hydrogen (secondary N) is 2. The second-order valence-corrected chi connectivity index (χ2v) is 6.49. The van der Waals surface area contributed by atoms with Gasteiger partial charge in [0.15, 0.2) is 0 Å². The van der Waals surface area contributed by atoms with Gasteiger partial charge in [-0.25, -0.2) is 13.1 Å². The summed E-state index contributed by atoms with van der Waals surface area (Å²) in [6, 6.07) is 7.05. The first-order chi connectivity index (χ1) is 8.62. The van der Waals surface area contributed by atoms with Crippen molar-refractivity contribution in [2.75, 3.05) is 13.1 Å². The highest BCUT2D eigenvalue weighted by Crippen LogP contribution is 2.28. The fourth-order valence-corrected chi connectivity index (χ4v) is 2.80. The molecule has 5 heteroatoms. The zero-order valence-electron chi connectivity index (χ0n) is 10.6. The summed E-state index contributed by atoms with van der Waals surface area (Å²) in [4.78, 5) is 0.350. The number of hydrogen-bond acceptors (Lipinski definition) is 3. The highest BCUT2D eigenvalue weighted by Gasteiger charge is 2.24. The molecule has 4 nitrogen and oxygen atoms in total. The molecule has 0 atom stereocenters. The topological polar surface area (TPSA) is 58.2 Å². The Kier molecular flexibility index (Phi) is 4.37. The average molecular weight is 268 g/mol. The molecule has 0 spiro atoms. The SMILES string of the molecule is CCNCc1ccc(S(=O)(=O)NCC2CC2)cc1. The molecule has 1 aliphatic carbocycles. The summed E-state index contributed by atoms with van der Waals surface area (Å²) in [5, 5.41) is 3.21. The fourth-order valence-electron chi connectivity index (χ4n) is 1.69. The predicted octanol–water partition coefficient (Wildman–Crippen LogP) is 1.48. The van der Waals surface area contributed by atoms with E-state index < -0.39 is 10.0 Å². The van der Waals surface area contributed by atoms with Crippen LogP contribution in [0.1, 0.15) is 25.3 Å². The van der Waals surface area contributed by atoms with E-state index in [9.17, 15) is 8.42 Å². The summed E-state index contributed by atoms with van der Waals surface area (Å²) in [5.41, 5.74) is 1.10. The first kappa shape index (κ1) is 13.5. The summed E-state index contributed by atoms with van der Waals surface area (Å²) in [7, 11) is -3.32. The Hall–Kier alpha value is -0.910. The Labute approximate surface area is 109 Å². The van der Waals surface area contributed by atoms with Crippen LogP contribution in [0.3, 0.4) is 0 Å². The number of sulfonamides is 1. The Morgan fingerprint density at radius 2 is 1.89 bits per heavy atom. The van der Waals surface area contributed by atoms with Crippen molar-refractivity contribution in [1.82, 2.24) is 10.0 Å². The quantitative estimate of drug-likeness (QED) is 0.787. The number of rotatable bonds is 7. The third-order valence-corrected chi connectivity index (χ3v) is 4.51. The van der Waals surface area contributed by atoms with E-state index in [2.05, 4.69) is 10.0 Å². The summed E-state index contributed by atoms with van der Waals surface area (Å²) in [6.07, 6.45) is 2.29. The monoisotopic (exact) mass is 268 g/mol. The van der Waals surface area contributed by atoms with E-state index >= 15 is 0 Å². The minimum Gasteiger partial charge on any atom is -0.313 e. The average Bonchev–Trinajstić information content (AvgIpc) is 3.19. The van der Waals surface area contributed by atoms with Crippen molar-refractivity contribution in [3.05, 3.63) is 29.8 Å². The molecular formula is C13H20N2O2S. The van der Waals surface area contributed by atoms with Crippen LogP contribution in [0.2, 0.25) is 0 Å². The molecule has 1 aromatic carbocycles. The molecule has 0 aromatic heterocycles. The van der Waals surface area contributed by atoms with Crippen molar-refractivity contribution >= 4 is 10.0 Å². The minimum atomic E-state index is -3.32. The second-order valence-electron chi connectivity index (χ2n) is 4.72. The lowest BCUT2D eigenvalue weighted by atomic mass is 10.2. The van der Waals surface area contributed by atoms with E-state index in [1.54, 1.807) is 12.1 Å². The molecule has 1 saturated carbocycles. The summed E-state index contributed by atoms with van der Waals surface area (Å²) in [5.74, 6) is 0.549. The first-order valence-corrected chi connectivity index (χ1v) is 7.89. The highest BCUT2D eigenvalue weighted by molar-refractivity contribution is 7.89. The van der Waals surface area contributed by atoms with Crippen LogP contribution in [0.5, 0.6) is 0 Å². The zero-order valence-corrected chi connectivity index (χ0v) is 11.5. The largest absolute Gasteiger partial charge is 0.313 e. The van der Waals surface area contributed by atoms with Gasteiger partial charge in [0.1, 0.15) is 0 Å². The lowest BCUT2D eigenvalue weighted by Gasteiger charge is -2.07. The smallest absolute Gasteiger partial charge is 0.240 e. The van der Waals surface area contributed by atoms with Crippen LogP contribution in [0.15, 0.2) is 29.2 Å². The van der Waals surface area contributed by atoms with Crippen molar-refractivity contribution in [1.29, 1.82) is 0 Å². The van der Waals surface area contributed by atoms with Gasteiger partial charge in [0.2, 0.25) is 10.0 Å². The lowest BCUT2D eigenvalue weighted by molar-refractivity contribution is 0.577. The molecule has 2 rings (SSSR count). The van der Waals surface area contributed by atoms with E-state index in [-0.39, 0.29) is 0 Å². The van der Waals surface area contributed by atoms with Crippen molar-refractivity contribution in [3.8, 4) is 0 Å². The van der Waals surface area contributed by atoms with Crippen LogP contribution < -0.4 is 10.0 Å². The van der Waals surface area contributed by atoms with Crippen LogP contribution in [-0.4, -0.2) is 21.5 Å². The predicted molar refractivity (Wildman–Crippen MR) is 71.7 cm³/mol. The van der Waals surface area contributed by atoms with E-state index in [0.717, 1.165) is 31.5 Å². The molecule has 0 heterocycles. The lowest BCUT2D eigenvalue weighted by Crippen LogP contribution is -2.25. The van der Waals surface area contributed by atoms with E-state index in [4.69, 9.17) is 0 Å². The molecule has 0 amide bonds. The number of hydrogen-bond donors (Lipinski definition) is 2. The maximum atomic E-state index is 12.0. The van der Waals surface area contributed by atoms with Crippen LogP contribution in [-0.2, 0) is 16.6 Å². The third kappa shape index (κ3) is 3.80. The molecule has 0 bridgehead atoms. The van der Waals surface area contributed by atoms with E-state index in [1.807, 2.05) is 19.1 Å². The van der Waals surface area contributed by atoms with Gasteiger partial charge >= 0.3 is 0 Å². The van der Waals surface area contributed by atoms with E-state index in [0.29, 0.717) is 17.4 Å². The summed E-state index contributed by atoms with van der Waals surface area (Å²) < 4.78 is 26.6. The van der Waals surface area contributed by atoms with Gasteiger partial charge in [-0.3, -0.25) is 0 Å². The van der Waals surface area contributed by atoms with Gasteiger partial charge in [-0.15, -0.1) is 0 Å². The second kappa shape index (κ2) is 5.82. The van der Waals surface area contributed by atoms with Gasteiger partial charge in [-0.05, 0) is 43.0 Å². The van der Waals surface area contributed by atoms with Gasteiger partial charge in [0.05, 0.1) is 4.90 Å². The molecule has 100 valence electrons. The molecule has 0 saturated heterocycles. The third-order valence-electron chi connectivity index (χ3n) is 3.07. The van der Waals surface area contributed by atoms with Gasteiger partial charge in [0, 0.05) is 13.1 Å². The van der Waals surface area contributed by atoms with Gasteiger partial charge in [-0.2, -0.15) is 0 Å². The molecule has 0 radical (unpaired) electrons. The molecule has 0 unspecified atom stereocenters. The summed E-state index contributed by atoms with van der Waals surface area (Å²) in [6.45, 7) is 4.29. The van der Waals surface area contributed by atoms with Crippen LogP contribution in [0.4, 0.5) is 0 Å². The Morgan fingerprint density at radius 1 is 1.22 bits per heavy atom. The molecule has 1 aliphatic rings. The fraction of sp³-hybridized carbons (Fsp3) is 0.538. The van der Waals surface area contributed by atoms with Crippen molar-refractivity contribution in [2.45, 2.75) is 31.2 Å². The Balaban J connectivity index is 1.98. The van der Waals surface area contributed by atoms with Crippen molar-refractivity contribution in [2.24, 2.45) is 5.92 Å². The highest BCUT2D eigenvalue weighted by atomic mass is 32.2. The Bertz CT molecular complexity index is 478. The normalized spacial score (nSPS) is 15.8. The van der Waals surface area contributed by atoms with Gasteiger partial charge in [-0.1, -0.05) is 19.1 Å². The number of benzene rings is 1. The first-order valence-electron chi connectivity index (χ1n) is 6.41. The Morgan fingerprint density at radius 3 is 2.44 bits per heavy atom. The van der Waals surface area contributed by atoms with Crippen molar-refractivity contribution < 1.29 is 8.42 Å². The van der Waals surface area contributed by atoms with Crippen LogP contribution in [0.25, 0.3) is 0 Å². The molecule has 1 aromatic rings. The molecular weight excluding hydrogens is 248 g/mol. The molecule has 1 fully saturated rings. The van der Waals surface area contributed by atoms with E-state index in [1.165, 1.54) is 0 Å². The molecule has 2 N–H and O–H groups in total. The maximum Gasteiger partial charge on any atom is 0.240 e. The van der Waals surface area contributed by atoms with Crippen LogP contribution >= 0.6 is 0 Å². The van der Waals surface area contributed by atoms with Gasteiger partial charge in [0.25, 0.3) is 0 Å². The van der Waals surface area contributed by atoms with Crippen LogP contribution in [0, 0.1) is 5.92 Å². The zero-order chi connectivity index (χ0) is 13.0. The van der Waals surface area contributed by atoms with Crippen molar-refractivity contribution in [3.63, 3.8) is 0 Å². The van der Waals surface area contributed by atoms with Gasteiger partial charge < -0.3 is 5.32 Å². The summed E-state index contributed by atoms with van der Waals surface area (Å²) >= 11 is 0. The standard InChI is InChI=1S/C13H20N2O2S/c1-2-14-9-11-5-7-13(8-6-11)18(16,17)15-10-12-3-4-12/h5-8,12,14-15H,2-4,9-10H2,1H3. The molecule has 0 aliphatic heterocycles.